The second-order valence-corrected chi connectivity index (χ2v) is 16.0. The van der Waals surface area contributed by atoms with E-state index in [-0.39, 0.29) is 44.0 Å². The summed E-state index contributed by atoms with van der Waals surface area (Å²) < 4.78 is 16.7. The summed E-state index contributed by atoms with van der Waals surface area (Å²) in [6.07, 6.45) is 71.6. The highest BCUT2D eigenvalue weighted by molar-refractivity contribution is 5.71. The standard InChI is InChI=1S/C58H90O6/c1-4-7-10-13-16-19-22-24-26-28-29-31-32-34-36-39-42-45-48-51-57(60)63-54-55(53-62-56(59)50-47-44-41-38-21-18-15-12-9-6-3)64-58(61)52-49-46-43-40-37-35-33-30-27-25-23-20-17-14-11-8-5-2/h7-8,10-12,15-17,19-20,24-27,29,31,33-36,42,45,55H,4-6,9,13-14,18,21-23,28,30,32,37-41,43-44,46-54H2,1-3H3/b10-7-,11-8-,15-12-,19-16-,20-17-,26-24-,27-25-,31-29-,35-33-,36-34-,45-42-. The second kappa shape index (κ2) is 51.2. The Morgan fingerprint density at radius 3 is 1.06 bits per heavy atom. The molecular weight excluding hydrogens is 793 g/mol. The number of carbonyl (C=O) groups excluding carboxylic acids is 3. The molecule has 6 nitrogen and oxygen atoms in total. The van der Waals surface area contributed by atoms with Crippen LogP contribution in [0.3, 0.4) is 0 Å². The van der Waals surface area contributed by atoms with Crippen LogP contribution in [0.4, 0.5) is 0 Å². The van der Waals surface area contributed by atoms with Crippen molar-refractivity contribution < 1.29 is 28.6 Å². The number of hydrogen-bond donors (Lipinski definition) is 0. The SMILES string of the molecule is CC/C=C\C/C=C\C/C=C\C/C=C\C/C=C\C/C=C\CCC(=O)OCC(COC(=O)CCCCCCC/C=C\CCC)OC(=O)CCCCCC/C=C\C/C=C\C/C=C\C/C=C\CC. The minimum atomic E-state index is -0.829. The van der Waals surface area contributed by atoms with E-state index in [1.54, 1.807) is 0 Å². The summed E-state index contributed by atoms with van der Waals surface area (Å²) in [7, 11) is 0. The number of allylic oxidation sites excluding steroid dienone is 22. The van der Waals surface area contributed by atoms with E-state index in [9.17, 15) is 14.4 Å². The van der Waals surface area contributed by atoms with Crippen LogP contribution in [0.2, 0.25) is 0 Å². The number of ether oxygens (including phenoxy) is 3. The monoisotopic (exact) mass is 883 g/mol. The summed E-state index contributed by atoms with van der Waals surface area (Å²) >= 11 is 0. The van der Waals surface area contributed by atoms with Gasteiger partial charge in [0.05, 0.1) is 0 Å². The van der Waals surface area contributed by atoms with Gasteiger partial charge in [-0.2, -0.15) is 0 Å². The van der Waals surface area contributed by atoms with Crippen molar-refractivity contribution in [2.75, 3.05) is 13.2 Å². The maximum atomic E-state index is 12.8. The summed E-state index contributed by atoms with van der Waals surface area (Å²) in [6.45, 7) is 6.23. The third-order valence-electron chi connectivity index (χ3n) is 9.86. The molecule has 1 atom stereocenters. The number of rotatable bonds is 43. The van der Waals surface area contributed by atoms with Crippen LogP contribution < -0.4 is 0 Å². The first-order valence-corrected chi connectivity index (χ1v) is 25.2. The fourth-order valence-electron chi connectivity index (χ4n) is 6.16. The van der Waals surface area contributed by atoms with Crippen LogP contribution in [0.25, 0.3) is 0 Å². The average molecular weight is 883 g/mol. The third-order valence-corrected chi connectivity index (χ3v) is 9.86. The van der Waals surface area contributed by atoms with E-state index < -0.39 is 6.10 Å². The van der Waals surface area contributed by atoms with E-state index in [1.807, 2.05) is 12.2 Å². The maximum Gasteiger partial charge on any atom is 0.306 e. The van der Waals surface area contributed by atoms with Crippen LogP contribution in [0.5, 0.6) is 0 Å². The van der Waals surface area contributed by atoms with Gasteiger partial charge in [0.1, 0.15) is 13.2 Å². The molecule has 0 aromatic heterocycles. The van der Waals surface area contributed by atoms with Gasteiger partial charge < -0.3 is 14.2 Å². The first-order valence-electron chi connectivity index (χ1n) is 25.2. The molecule has 0 saturated heterocycles. The van der Waals surface area contributed by atoms with E-state index in [2.05, 4.69) is 142 Å². The van der Waals surface area contributed by atoms with Gasteiger partial charge in [-0.15, -0.1) is 0 Å². The molecule has 1 unspecified atom stereocenters. The van der Waals surface area contributed by atoms with Crippen LogP contribution >= 0.6 is 0 Å². The lowest BCUT2D eigenvalue weighted by Gasteiger charge is -2.18. The molecule has 0 radical (unpaired) electrons. The first-order chi connectivity index (χ1) is 31.5. The molecule has 0 aromatic rings. The van der Waals surface area contributed by atoms with Crippen molar-refractivity contribution in [1.82, 2.24) is 0 Å². The summed E-state index contributed by atoms with van der Waals surface area (Å²) in [5.74, 6) is -1.06. The van der Waals surface area contributed by atoms with Gasteiger partial charge in [0.2, 0.25) is 0 Å². The van der Waals surface area contributed by atoms with E-state index in [1.165, 1.54) is 12.8 Å². The fourth-order valence-corrected chi connectivity index (χ4v) is 6.16. The topological polar surface area (TPSA) is 78.9 Å². The Hall–Kier alpha value is -4.45. The lowest BCUT2D eigenvalue weighted by molar-refractivity contribution is -0.166. The van der Waals surface area contributed by atoms with Gasteiger partial charge in [-0.05, 0) is 116 Å². The van der Waals surface area contributed by atoms with Crippen molar-refractivity contribution in [3.63, 3.8) is 0 Å². The Labute approximate surface area is 392 Å². The fraction of sp³-hybridized carbons (Fsp3) is 0.569. The molecule has 0 heterocycles. The normalized spacial score (nSPS) is 13.2. The predicted molar refractivity (Wildman–Crippen MR) is 274 cm³/mol. The van der Waals surface area contributed by atoms with Crippen LogP contribution in [0.1, 0.15) is 194 Å². The second-order valence-electron chi connectivity index (χ2n) is 16.0. The molecule has 358 valence electrons. The zero-order valence-electron chi connectivity index (χ0n) is 40.7. The molecule has 0 spiro atoms. The molecule has 0 bridgehead atoms. The Morgan fingerprint density at radius 1 is 0.328 bits per heavy atom. The molecule has 0 rings (SSSR count). The van der Waals surface area contributed by atoms with E-state index >= 15 is 0 Å². The van der Waals surface area contributed by atoms with E-state index in [0.29, 0.717) is 12.8 Å². The van der Waals surface area contributed by atoms with Crippen molar-refractivity contribution in [2.24, 2.45) is 0 Å². The Bertz CT molecular complexity index is 1430. The Kier molecular flexibility index (Phi) is 47.6. The quantitative estimate of drug-likeness (QED) is 0.0263. The molecule has 0 N–H and O–H groups in total. The van der Waals surface area contributed by atoms with Crippen molar-refractivity contribution in [3.8, 4) is 0 Å². The number of unbranched alkanes of at least 4 members (excludes halogenated alkanes) is 10. The van der Waals surface area contributed by atoms with E-state index in [0.717, 1.165) is 135 Å². The smallest absolute Gasteiger partial charge is 0.306 e. The summed E-state index contributed by atoms with van der Waals surface area (Å²) in [6, 6.07) is 0. The highest BCUT2D eigenvalue weighted by atomic mass is 16.6. The summed E-state index contributed by atoms with van der Waals surface area (Å²) in [4.78, 5) is 37.9. The lowest BCUT2D eigenvalue weighted by atomic mass is 10.1. The van der Waals surface area contributed by atoms with Gasteiger partial charge in [0.25, 0.3) is 0 Å². The molecule has 0 aliphatic rings. The van der Waals surface area contributed by atoms with Crippen LogP contribution in [0, 0.1) is 0 Å². The lowest BCUT2D eigenvalue weighted by Crippen LogP contribution is -2.30. The number of hydrogen-bond acceptors (Lipinski definition) is 6. The molecule has 0 saturated carbocycles. The molecule has 6 heteroatoms. The molecule has 0 aliphatic heterocycles. The van der Waals surface area contributed by atoms with Crippen molar-refractivity contribution >= 4 is 17.9 Å². The van der Waals surface area contributed by atoms with Gasteiger partial charge in [-0.1, -0.05) is 193 Å². The third kappa shape index (κ3) is 48.6. The van der Waals surface area contributed by atoms with Crippen LogP contribution in [0.15, 0.2) is 134 Å². The Morgan fingerprint density at radius 2 is 0.641 bits per heavy atom. The molecule has 64 heavy (non-hydrogen) atoms. The van der Waals surface area contributed by atoms with Gasteiger partial charge >= 0.3 is 17.9 Å². The molecule has 0 aromatic carbocycles. The van der Waals surface area contributed by atoms with Crippen molar-refractivity contribution in [3.05, 3.63) is 134 Å². The average Bonchev–Trinajstić information content (AvgIpc) is 3.29. The van der Waals surface area contributed by atoms with Crippen LogP contribution in [-0.4, -0.2) is 37.2 Å². The van der Waals surface area contributed by atoms with Crippen molar-refractivity contribution in [1.29, 1.82) is 0 Å². The number of esters is 3. The molecule has 0 fully saturated rings. The maximum absolute atomic E-state index is 12.8. The Balaban J connectivity index is 4.55. The predicted octanol–water partition coefficient (Wildman–Crippen LogP) is 16.7. The van der Waals surface area contributed by atoms with Gasteiger partial charge in [0.15, 0.2) is 6.10 Å². The molecular formula is C58H90O6. The van der Waals surface area contributed by atoms with Gasteiger partial charge in [0, 0.05) is 19.3 Å². The summed E-state index contributed by atoms with van der Waals surface area (Å²) in [5.41, 5.74) is 0. The molecule has 0 aliphatic carbocycles. The zero-order chi connectivity index (χ0) is 46.5. The first kappa shape index (κ1) is 59.5. The molecule has 0 amide bonds. The van der Waals surface area contributed by atoms with Gasteiger partial charge in [-0.3, -0.25) is 14.4 Å². The number of carbonyl (C=O) groups is 3. The van der Waals surface area contributed by atoms with Gasteiger partial charge in [-0.25, -0.2) is 0 Å². The summed E-state index contributed by atoms with van der Waals surface area (Å²) in [5, 5.41) is 0. The van der Waals surface area contributed by atoms with E-state index in [4.69, 9.17) is 14.2 Å². The van der Waals surface area contributed by atoms with Crippen molar-refractivity contribution in [2.45, 2.75) is 200 Å². The largest absolute Gasteiger partial charge is 0.462 e. The minimum absolute atomic E-state index is 0.121. The highest BCUT2D eigenvalue weighted by Gasteiger charge is 2.19. The zero-order valence-corrected chi connectivity index (χ0v) is 40.7. The minimum Gasteiger partial charge on any atom is -0.462 e. The van der Waals surface area contributed by atoms with Crippen LogP contribution in [-0.2, 0) is 28.6 Å². The highest BCUT2D eigenvalue weighted by Crippen LogP contribution is 2.12.